The van der Waals surface area contributed by atoms with E-state index in [1.165, 1.54) is 0 Å². The fourth-order valence-corrected chi connectivity index (χ4v) is 2.95. The van der Waals surface area contributed by atoms with Gasteiger partial charge in [-0.05, 0) is 19.8 Å². The number of nitrogens with zero attached hydrogens (tertiary/aromatic N) is 4. The number of fused-ring (bicyclic) bond motifs is 1. The first kappa shape index (κ1) is 18.7. The minimum Gasteiger partial charge on any atom is -0.378 e. The van der Waals surface area contributed by atoms with E-state index in [0.717, 1.165) is 49.7 Å². The van der Waals surface area contributed by atoms with E-state index in [2.05, 4.69) is 39.7 Å². The van der Waals surface area contributed by atoms with Gasteiger partial charge in [-0.3, -0.25) is 10.7 Å². The summed E-state index contributed by atoms with van der Waals surface area (Å²) in [6.07, 6.45) is 1.96. The quantitative estimate of drug-likeness (QED) is 0.591. The summed E-state index contributed by atoms with van der Waals surface area (Å²) in [5.41, 5.74) is 7.88. The Morgan fingerprint density at radius 3 is 2.69 bits per heavy atom. The number of aliphatic imine (C=N–C) groups is 1. The van der Waals surface area contributed by atoms with E-state index in [1.807, 2.05) is 6.92 Å². The topological polar surface area (TPSA) is 113 Å². The normalized spacial score (nSPS) is 24.0. The Labute approximate surface area is 154 Å². The molecule has 1 aromatic heterocycles. The van der Waals surface area contributed by atoms with Crippen molar-refractivity contribution in [3.8, 4) is 0 Å². The van der Waals surface area contributed by atoms with E-state index in [1.54, 1.807) is 0 Å². The lowest BCUT2D eigenvalue weighted by molar-refractivity contribution is 0.122. The number of anilines is 3. The molecule has 0 amide bonds. The molecule has 2 aliphatic rings. The molecular formula is C17H30N8O. The van der Waals surface area contributed by atoms with Crippen molar-refractivity contribution < 1.29 is 4.74 Å². The largest absolute Gasteiger partial charge is 0.378 e. The summed E-state index contributed by atoms with van der Waals surface area (Å²) in [5, 5.41) is 9.96. The van der Waals surface area contributed by atoms with Crippen LogP contribution in [0.3, 0.4) is 0 Å². The Kier molecular flexibility index (Phi) is 5.77. The molecule has 9 heteroatoms. The predicted octanol–water partition coefficient (Wildman–Crippen LogP) is 0.939. The van der Waals surface area contributed by atoms with E-state index in [9.17, 15) is 0 Å². The van der Waals surface area contributed by atoms with Crippen LogP contribution in [0.25, 0.3) is 0 Å². The lowest BCUT2D eigenvalue weighted by atomic mass is 10.2. The van der Waals surface area contributed by atoms with Crippen molar-refractivity contribution in [3.63, 3.8) is 0 Å². The van der Waals surface area contributed by atoms with Crippen LogP contribution in [0.1, 0.15) is 39.3 Å². The molecule has 0 saturated carbocycles. The molecule has 0 radical (unpaired) electrons. The van der Waals surface area contributed by atoms with Crippen LogP contribution in [0.15, 0.2) is 4.99 Å². The van der Waals surface area contributed by atoms with Gasteiger partial charge in [0.1, 0.15) is 11.4 Å². The van der Waals surface area contributed by atoms with E-state index < -0.39 is 5.79 Å². The summed E-state index contributed by atoms with van der Waals surface area (Å²) in [7, 11) is 0. The molecule has 5 N–H and O–H groups in total. The highest BCUT2D eigenvalue weighted by atomic mass is 16.5. The first-order chi connectivity index (χ1) is 12.5. The van der Waals surface area contributed by atoms with Gasteiger partial charge in [0, 0.05) is 26.2 Å². The van der Waals surface area contributed by atoms with Crippen LogP contribution in [0, 0.1) is 0 Å². The van der Waals surface area contributed by atoms with Gasteiger partial charge >= 0.3 is 0 Å². The average molecular weight is 362 g/mol. The number of hydrogen-bond acceptors (Lipinski definition) is 8. The highest BCUT2D eigenvalue weighted by Gasteiger charge is 2.33. The van der Waals surface area contributed by atoms with Gasteiger partial charge < -0.3 is 25.6 Å². The van der Waals surface area contributed by atoms with Gasteiger partial charge in [-0.15, -0.1) is 0 Å². The molecule has 9 nitrogen and oxygen atoms in total. The molecule has 1 aromatic rings. The third-order valence-corrected chi connectivity index (χ3v) is 4.21. The number of nitrogens with one attached hydrogen (secondary N) is 3. The number of nitrogens with two attached hydrogens (primary N) is 1. The zero-order valence-corrected chi connectivity index (χ0v) is 15.9. The van der Waals surface area contributed by atoms with Crippen molar-refractivity contribution in [3.05, 3.63) is 5.69 Å². The van der Waals surface area contributed by atoms with Crippen molar-refractivity contribution in [1.29, 1.82) is 0 Å². The predicted molar refractivity (Wildman–Crippen MR) is 105 cm³/mol. The second-order valence-electron chi connectivity index (χ2n) is 6.80. The molecule has 0 aromatic carbocycles. The minimum absolute atomic E-state index is 0.687. The fraction of sp³-hybridized carbons (Fsp3) is 0.706. The number of aromatic nitrogens is 2. The molecular weight excluding hydrogens is 332 g/mol. The maximum absolute atomic E-state index is 6.32. The van der Waals surface area contributed by atoms with Crippen molar-refractivity contribution in [1.82, 2.24) is 15.3 Å². The van der Waals surface area contributed by atoms with Crippen LogP contribution in [0.4, 0.5) is 17.5 Å². The SMILES string of the molecule is CCCN=C1NC(C)(N)Nc2c(NCCC)nc(N3CCOCC3)nc21. The Morgan fingerprint density at radius 2 is 2.00 bits per heavy atom. The van der Waals surface area contributed by atoms with Gasteiger partial charge in [0.15, 0.2) is 17.4 Å². The van der Waals surface area contributed by atoms with Crippen molar-refractivity contribution in [2.75, 3.05) is 54.9 Å². The molecule has 1 unspecified atom stereocenters. The molecule has 144 valence electrons. The number of ether oxygens (including phenoxy) is 1. The van der Waals surface area contributed by atoms with Crippen LogP contribution in [0.2, 0.25) is 0 Å². The third kappa shape index (κ3) is 4.16. The van der Waals surface area contributed by atoms with Gasteiger partial charge in [-0.2, -0.15) is 4.98 Å². The van der Waals surface area contributed by atoms with E-state index in [4.69, 9.17) is 20.4 Å². The highest BCUT2D eigenvalue weighted by molar-refractivity contribution is 6.06. The maximum Gasteiger partial charge on any atom is 0.228 e. The average Bonchev–Trinajstić information content (AvgIpc) is 2.64. The van der Waals surface area contributed by atoms with Gasteiger partial charge in [-0.1, -0.05) is 13.8 Å². The summed E-state index contributed by atoms with van der Waals surface area (Å²) >= 11 is 0. The van der Waals surface area contributed by atoms with Gasteiger partial charge in [0.25, 0.3) is 0 Å². The second kappa shape index (κ2) is 8.05. The van der Waals surface area contributed by atoms with Crippen LogP contribution in [-0.2, 0) is 4.74 Å². The molecule has 1 saturated heterocycles. The van der Waals surface area contributed by atoms with Crippen LogP contribution in [-0.4, -0.2) is 61.0 Å². The summed E-state index contributed by atoms with van der Waals surface area (Å²) in [5.74, 6) is 1.35. The summed E-state index contributed by atoms with van der Waals surface area (Å²) < 4.78 is 5.45. The third-order valence-electron chi connectivity index (χ3n) is 4.21. The molecule has 3 rings (SSSR count). The Bertz CT molecular complexity index is 654. The van der Waals surface area contributed by atoms with Crippen molar-refractivity contribution >= 4 is 23.3 Å². The van der Waals surface area contributed by atoms with Gasteiger partial charge in [0.2, 0.25) is 5.95 Å². The zero-order chi connectivity index (χ0) is 18.6. The van der Waals surface area contributed by atoms with Crippen LogP contribution < -0.4 is 26.6 Å². The van der Waals surface area contributed by atoms with Gasteiger partial charge in [-0.25, -0.2) is 4.98 Å². The smallest absolute Gasteiger partial charge is 0.228 e. The molecule has 0 bridgehead atoms. The fourth-order valence-electron chi connectivity index (χ4n) is 2.95. The lowest BCUT2D eigenvalue weighted by Crippen LogP contribution is -2.62. The Hall–Kier alpha value is -2.13. The molecule has 3 heterocycles. The number of hydrogen-bond donors (Lipinski definition) is 4. The minimum atomic E-state index is -0.813. The van der Waals surface area contributed by atoms with Gasteiger partial charge in [0.05, 0.1) is 13.2 Å². The zero-order valence-electron chi connectivity index (χ0n) is 15.9. The molecule has 2 aliphatic heterocycles. The van der Waals surface area contributed by atoms with Crippen molar-refractivity contribution in [2.24, 2.45) is 10.7 Å². The molecule has 0 spiro atoms. The summed E-state index contributed by atoms with van der Waals surface area (Å²) in [4.78, 5) is 16.4. The Balaban J connectivity index is 2.05. The Morgan fingerprint density at radius 1 is 1.23 bits per heavy atom. The summed E-state index contributed by atoms with van der Waals surface area (Å²) in [6, 6.07) is 0. The van der Waals surface area contributed by atoms with Crippen LogP contribution >= 0.6 is 0 Å². The first-order valence-corrected chi connectivity index (χ1v) is 9.42. The van der Waals surface area contributed by atoms with Crippen molar-refractivity contribution in [2.45, 2.75) is 39.4 Å². The van der Waals surface area contributed by atoms with Crippen LogP contribution in [0.5, 0.6) is 0 Å². The lowest BCUT2D eigenvalue weighted by Gasteiger charge is -2.37. The van der Waals surface area contributed by atoms with E-state index in [-0.39, 0.29) is 0 Å². The van der Waals surface area contributed by atoms with E-state index in [0.29, 0.717) is 31.5 Å². The molecule has 1 fully saturated rings. The maximum atomic E-state index is 6.32. The number of amidine groups is 1. The number of morpholine rings is 1. The standard InChI is InChI=1S/C17H30N8O/c1-4-6-19-14-13-12(15(20-7-5-2)24-17(3,18)23-13)21-16(22-14)25-8-10-26-11-9-25/h23H,4-11,18H2,1-3H3,(H,20,24)(H,19,21,22). The number of rotatable bonds is 6. The first-order valence-electron chi connectivity index (χ1n) is 9.42. The highest BCUT2D eigenvalue weighted by Crippen LogP contribution is 2.31. The molecule has 1 atom stereocenters. The second-order valence-corrected chi connectivity index (χ2v) is 6.80. The molecule has 26 heavy (non-hydrogen) atoms. The molecule has 0 aliphatic carbocycles. The van der Waals surface area contributed by atoms with E-state index >= 15 is 0 Å². The summed E-state index contributed by atoms with van der Waals surface area (Å²) in [6.45, 7) is 10.6. The monoisotopic (exact) mass is 362 g/mol.